The normalized spacial score (nSPS) is 15.3. The molecule has 3 heteroatoms. The van der Waals surface area contributed by atoms with Crippen LogP contribution in [0.5, 0.6) is 0 Å². The highest BCUT2D eigenvalue weighted by molar-refractivity contribution is 5.94. The first-order chi connectivity index (χ1) is 8.90. The van der Waals surface area contributed by atoms with Crippen LogP contribution in [-0.4, -0.2) is 23.2 Å². The number of aromatic nitrogens is 1. The molecule has 2 heterocycles. The first-order valence-electron chi connectivity index (χ1n) is 6.27. The van der Waals surface area contributed by atoms with Crippen LogP contribution in [0.25, 0.3) is 10.8 Å². The van der Waals surface area contributed by atoms with Crippen molar-refractivity contribution in [2.45, 2.75) is 13.0 Å². The molecule has 3 nitrogen and oxygen atoms in total. The van der Waals surface area contributed by atoms with Crippen molar-refractivity contribution in [2.75, 3.05) is 18.0 Å². The third kappa shape index (κ3) is 1.87. The fourth-order valence-corrected chi connectivity index (χ4v) is 2.45. The van der Waals surface area contributed by atoms with Crippen molar-refractivity contribution in [3.8, 4) is 0 Å². The molecule has 1 aliphatic heterocycles. The Bertz CT molecular complexity index is 592. The van der Waals surface area contributed by atoms with E-state index in [0.29, 0.717) is 0 Å². The second-order valence-corrected chi connectivity index (χ2v) is 4.52. The summed E-state index contributed by atoms with van der Waals surface area (Å²) >= 11 is 0. The van der Waals surface area contributed by atoms with Crippen molar-refractivity contribution >= 4 is 16.6 Å². The maximum absolute atomic E-state index is 9.37. The molecule has 1 aromatic carbocycles. The van der Waals surface area contributed by atoms with Crippen molar-refractivity contribution in [3.05, 3.63) is 48.2 Å². The fourth-order valence-electron chi connectivity index (χ4n) is 2.45. The van der Waals surface area contributed by atoms with Crippen LogP contribution in [0.15, 0.2) is 42.6 Å². The first-order valence-corrected chi connectivity index (χ1v) is 6.27. The van der Waals surface area contributed by atoms with Crippen LogP contribution >= 0.6 is 0 Å². The molecular weight excluding hydrogens is 224 g/mol. The zero-order chi connectivity index (χ0) is 12.4. The highest BCUT2D eigenvalue weighted by atomic mass is 16.3. The van der Waals surface area contributed by atoms with Gasteiger partial charge in [-0.25, -0.2) is 4.98 Å². The number of pyridine rings is 1. The Kier molecular flexibility index (Phi) is 2.99. The molecule has 0 saturated heterocycles. The van der Waals surface area contributed by atoms with Crippen LogP contribution in [0.2, 0.25) is 0 Å². The third-order valence-electron chi connectivity index (χ3n) is 3.38. The van der Waals surface area contributed by atoms with E-state index in [1.54, 1.807) is 6.20 Å². The van der Waals surface area contributed by atoms with Gasteiger partial charge in [0.05, 0.1) is 6.61 Å². The van der Waals surface area contributed by atoms with Crippen LogP contribution in [-0.2, 0) is 6.61 Å². The summed E-state index contributed by atoms with van der Waals surface area (Å²) in [4.78, 5) is 6.81. The van der Waals surface area contributed by atoms with Crippen LogP contribution in [0, 0.1) is 0 Å². The van der Waals surface area contributed by atoms with Crippen molar-refractivity contribution in [3.63, 3.8) is 0 Å². The number of anilines is 1. The summed E-state index contributed by atoms with van der Waals surface area (Å²) in [6.45, 7) is 1.95. The Morgan fingerprint density at radius 2 is 2.00 bits per heavy atom. The Hall–Kier alpha value is -1.87. The lowest BCUT2D eigenvalue weighted by Gasteiger charge is -2.26. The van der Waals surface area contributed by atoms with Crippen LogP contribution < -0.4 is 4.90 Å². The van der Waals surface area contributed by atoms with Crippen LogP contribution in [0.4, 0.5) is 5.82 Å². The average molecular weight is 240 g/mol. The molecule has 0 unspecified atom stereocenters. The van der Waals surface area contributed by atoms with E-state index in [-0.39, 0.29) is 6.61 Å². The monoisotopic (exact) mass is 240 g/mol. The molecule has 0 bridgehead atoms. The molecule has 0 saturated carbocycles. The van der Waals surface area contributed by atoms with Gasteiger partial charge >= 0.3 is 0 Å². The van der Waals surface area contributed by atoms with E-state index in [4.69, 9.17) is 0 Å². The Balaban J connectivity index is 2.15. The zero-order valence-corrected chi connectivity index (χ0v) is 10.2. The lowest BCUT2D eigenvalue weighted by atomic mass is 10.1. The zero-order valence-electron chi connectivity index (χ0n) is 10.2. The summed E-state index contributed by atoms with van der Waals surface area (Å²) in [7, 11) is 0. The predicted molar refractivity (Wildman–Crippen MR) is 73.6 cm³/mol. The van der Waals surface area contributed by atoms with Gasteiger partial charge in [-0.3, -0.25) is 0 Å². The van der Waals surface area contributed by atoms with Crippen molar-refractivity contribution < 1.29 is 5.11 Å². The number of fused-ring (bicyclic) bond motifs is 1. The molecule has 2 aromatic rings. The Morgan fingerprint density at radius 1 is 1.17 bits per heavy atom. The summed E-state index contributed by atoms with van der Waals surface area (Å²) in [6, 6.07) is 8.15. The number of hydrogen-bond donors (Lipinski definition) is 1. The lowest BCUT2D eigenvalue weighted by molar-refractivity contribution is 0.283. The molecule has 1 aromatic heterocycles. The van der Waals surface area contributed by atoms with Gasteiger partial charge in [-0.1, -0.05) is 36.4 Å². The number of aliphatic hydroxyl groups is 1. The molecule has 0 atom stereocenters. The fraction of sp³-hybridized carbons (Fsp3) is 0.267. The molecular formula is C15H16N2O. The van der Waals surface area contributed by atoms with Gasteiger partial charge < -0.3 is 10.0 Å². The maximum atomic E-state index is 9.37. The van der Waals surface area contributed by atoms with Crippen LogP contribution in [0.3, 0.4) is 0 Å². The van der Waals surface area contributed by atoms with Gasteiger partial charge in [0.15, 0.2) is 0 Å². The highest BCUT2D eigenvalue weighted by Gasteiger charge is 2.13. The maximum Gasteiger partial charge on any atom is 0.136 e. The molecule has 3 rings (SSSR count). The standard InChI is InChI=1S/C15H16N2O/c18-11-12-10-16-15(17-8-4-1-5-9-17)14-7-3-2-6-13(12)14/h1-4,6-7,10,18H,5,8-9,11H2. The second-order valence-electron chi connectivity index (χ2n) is 4.52. The van der Waals surface area contributed by atoms with Crippen molar-refractivity contribution in [1.82, 2.24) is 4.98 Å². The predicted octanol–water partition coefficient (Wildman–Crippen LogP) is 2.49. The van der Waals surface area contributed by atoms with E-state index in [9.17, 15) is 5.11 Å². The topological polar surface area (TPSA) is 36.4 Å². The number of hydrogen-bond acceptors (Lipinski definition) is 3. The SMILES string of the molecule is OCc1cnc(N2CC=CCC2)c2ccccc12. The number of nitrogens with zero attached hydrogens (tertiary/aromatic N) is 2. The minimum atomic E-state index is 0.0354. The molecule has 0 fully saturated rings. The van der Waals surface area contributed by atoms with Gasteiger partial charge in [0, 0.05) is 30.2 Å². The Labute approximate surface area is 106 Å². The molecule has 1 aliphatic rings. The quantitative estimate of drug-likeness (QED) is 0.819. The molecule has 0 spiro atoms. The van der Waals surface area contributed by atoms with Gasteiger partial charge in [-0.05, 0) is 11.8 Å². The third-order valence-corrected chi connectivity index (χ3v) is 3.38. The molecule has 1 N–H and O–H groups in total. The van der Waals surface area contributed by atoms with E-state index in [0.717, 1.165) is 41.7 Å². The van der Waals surface area contributed by atoms with Crippen LogP contribution in [0.1, 0.15) is 12.0 Å². The van der Waals surface area contributed by atoms with Gasteiger partial charge in [0.1, 0.15) is 5.82 Å². The van der Waals surface area contributed by atoms with E-state index in [2.05, 4.69) is 28.1 Å². The van der Waals surface area contributed by atoms with E-state index < -0.39 is 0 Å². The summed E-state index contributed by atoms with van der Waals surface area (Å²) in [5.74, 6) is 1.02. The van der Waals surface area contributed by atoms with E-state index >= 15 is 0 Å². The highest BCUT2D eigenvalue weighted by Crippen LogP contribution is 2.28. The number of benzene rings is 1. The van der Waals surface area contributed by atoms with E-state index in [1.807, 2.05) is 18.2 Å². The van der Waals surface area contributed by atoms with Gasteiger partial charge in [0.2, 0.25) is 0 Å². The summed E-state index contributed by atoms with van der Waals surface area (Å²) < 4.78 is 0. The molecule has 18 heavy (non-hydrogen) atoms. The van der Waals surface area contributed by atoms with Crippen molar-refractivity contribution in [1.29, 1.82) is 0 Å². The van der Waals surface area contributed by atoms with Crippen molar-refractivity contribution in [2.24, 2.45) is 0 Å². The smallest absolute Gasteiger partial charge is 0.136 e. The minimum absolute atomic E-state index is 0.0354. The molecule has 0 amide bonds. The summed E-state index contributed by atoms with van der Waals surface area (Å²) in [5.41, 5.74) is 0.891. The molecule has 0 aliphatic carbocycles. The van der Waals surface area contributed by atoms with E-state index in [1.165, 1.54) is 0 Å². The van der Waals surface area contributed by atoms with Gasteiger partial charge in [0.25, 0.3) is 0 Å². The summed E-state index contributed by atoms with van der Waals surface area (Å²) in [5, 5.41) is 11.6. The van der Waals surface area contributed by atoms with Gasteiger partial charge in [-0.2, -0.15) is 0 Å². The molecule has 0 radical (unpaired) electrons. The molecule has 92 valence electrons. The first kappa shape index (κ1) is 11.2. The summed E-state index contributed by atoms with van der Waals surface area (Å²) in [6.07, 6.45) is 7.24. The minimum Gasteiger partial charge on any atom is -0.392 e. The second kappa shape index (κ2) is 4.78. The number of aliphatic hydroxyl groups excluding tert-OH is 1. The van der Waals surface area contributed by atoms with Gasteiger partial charge in [-0.15, -0.1) is 0 Å². The number of rotatable bonds is 2. The Morgan fingerprint density at radius 3 is 2.72 bits per heavy atom. The average Bonchev–Trinajstić information content (AvgIpc) is 2.47. The largest absolute Gasteiger partial charge is 0.392 e. The lowest BCUT2D eigenvalue weighted by Crippen LogP contribution is -2.27.